The summed E-state index contributed by atoms with van der Waals surface area (Å²) >= 11 is 0. The molecule has 0 atom stereocenters. The van der Waals surface area contributed by atoms with Crippen molar-refractivity contribution in [2.24, 2.45) is 0 Å². The fourth-order valence-electron chi connectivity index (χ4n) is 2.80. The summed E-state index contributed by atoms with van der Waals surface area (Å²) in [5.41, 5.74) is 1.93. The van der Waals surface area contributed by atoms with Gasteiger partial charge in [-0.1, -0.05) is 30.3 Å². The third kappa shape index (κ3) is 4.93. The van der Waals surface area contributed by atoms with Gasteiger partial charge in [-0.05, 0) is 49.4 Å². The van der Waals surface area contributed by atoms with Gasteiger partial charge in [-0.2, -0.15) is 0 Å². The van der Waals surface area contributed by atoms with E-state index in [4.69, 9.17) is 9.47 Å². The third-order valence-corrected chi connectivity index (χ3v) is 4.17. The molecule has 0 radical (unpaired) electrons. The van der Waals surface area contributed by atoms with E-state index >= 15 is 0 Å². The smallest absolute Gasteiger partial charge is 0.259 e. The summed E-state index contributed by atoms with van der Waals surface area (Å²) in [5.74, 6) is 0.425. The molecule has 6 heteroatoms. The van der Waals surface area contributed by atoms with Gasteiger partial charge < -0.3 is 20.1 Å². The molecule has 3 rings (SSSR count). The Bertz CT molecular complexity index is 1000. The summed E-state index contributed by atoms with van der Waals surface area (Å²) in [5, 5.41) is 5.66. The van der Waals surface area contributed by atoms with Gasteiger partial charge in [0.25, 0.3) is 11.8 Å². The maximum Gasteiger partial charge on any atom is 0.259 e. The van der Waals surface area contributed by atoms with E-state index in [1.54, 1.807) is 60.7 Å². The molecule has 0 heterocycles. The standard InChI is InChI=1S/C23H22N2O4/c1-3-29-20-12-8-7-11-18(20)23(27)24-17-13-14-21(28-2)19(15-17)25-22(26)16-9-5-4-6-10-16/h4-15H,3H2,1-2H3,(H,24,27)(H,25,26). The van der Waals surface area contributed by atoms with E-state index < -0.39 is 0 Å². The molecule has 29 heavy (non-hydrogen) atoms. The maximum absolute atomic E-state index is 12.7. The second-order valence-electron chi connectivity index (χ2n) is 6.12. The first kappa shape index (κ1) is 19.9. The van der Waals surface area contributed by atoms with Gasteiger partial charge in [0, 0.05) is 11.3 Å². The Hall–Kier alpha value is -3.80. The average molecular weight is 390 g/mol. The van der Waals surface area contributed by atoms with E-state index in [-0.39, 0.29) is 11.8 Å². The van der Waals surface area contributed by atoms with Gasteiger partial charge in [-0.15, -0.1) is 0 Å². The van der Waals surface area contributed by atoms with E-state index in [1.807, 2.05) is 19.1 Å². The first-order valence-corrected chi connectivity index (χ1v) is 9.20. The zero-order chi connectivity index (χ0) is 20.6. The Kier molecular flexibility index (Phi) is 6.47. The molecule has 0 aliphatic heterocycles. The average Bonchev–Trinajstić information content (AvgIpc) is 2.75. The molecule has 0 aliphatic carbocycles. The lowest BCUT2D eigenvalue weighted by Gasteiger charge is -2.14. The molecule has 0 bridgehead atoms. The van der Waals surface area contributed by atoms with Crippen molar-refractivity contribution in [1.29, 1.82) is 0 Å². The molecule has 148 valence electrons. The van der Waals surface area contributed by atoms with Crippen molar-refractivity contribution in [2.45, 2.75) is 6.92 Å². The molecule has 0 spiro atoms. The maximum atomic E-state index is 12.7. The minimum Gasteiger partial charge on any atom is -0.495 e. The first-order chi connectivity index (χ1) is 14.1. The lowest BCUT2D eigenvalue weighted by atomic mass is 10.1. The van der Waals surface area contributed by atoms with Crippen molar-refractivity contribution in [3.8, 4) is 11.5 Å². The second-order valence-corrected chi connectivity index (χ2v) is 6.12. The minimum atomic E-state index is -0.306. The van der Waals surface area contributed by atoms with Crippen LogP contribution in [0.2, 0.25) is 0 Å². The predicted octanol–water partition coefficient (Wildman–Crippen LogP) is 4.60. The Labute approximate surface area is 169 Å². The molecule has 0 aliphatic rings. The highest BCUT2D eigenvalue weighted by atomic mass is 16.5. The molecule has 0 saturated heterocycles. The van der Waals surface area contributed by atoms with E-state index in [0.29, 0.717) is 40.6 Å². The monoisotopic (exact) mass is 390 g/mol. The lowest BCUT2D eigenvalue weighted by molar-refractivity contribution is 0.101. The highest BCUT2D eigenvalue weighted by Crippen LogP contribution is 2.29. The molecule has 0 unspecified atom stereocenters. The number of ether oxygens (including phenoxy) is 2. The first-order valence-electron chi connectivity index (χ1n) is 9.20. The highest BCUT2D eigenvalue weighted by molar-refractivity contribution is 6.08. The van der Waals surface area contributed by atoms with Crippen LogP contribution in [0.4, 0.5) is 11.4 Å². The van der Waals surface area contributed by atoms with E-state index in [9.17, 15) is 9.59 Å². The number of carbonyl (C=O) groups is 2. The largest absolute Gasteiger partial charge is 0.495 e. The van der Waals surface area contributed by atoms with Crippen molar-refractivity contribution in [1.82, 2.24) is 0 Å². The number of rotatable bonds is 7. The number of nitrogens with one attached hydrogen (secondary N) is 2. The van der Waals surface area contributed by atoms with Crippen molar-refractivity contribution >= 4 is 23.2 Å². The summed E-state index contributed by atoms with van der Waals surface area (Å²) < 4.78 is 10.9. The molecule has 0 fully saturated rings. The topological polar surface area (TPSA) is 76.7 Å². The van der Waals surface area contributed by atoms with Gasteiger partial charge in [0.1, 0.15) is 11.5 Å². The molecular formula is C23H22N2O4. The Morgan fingerprint density at radius 1 is 0.828 bits per heavy atom. The van der Waals surface area contributed by atoms with Gasteiger partial charge in [-0.3, -0.25) is 9.59 Å². The normalized spacial score (nSPS) is 10.1. The van der Waals surface area contributed by atoms with Crippen LogP contribution in [0.25, 0.3) is 0 Å². The molecule has 3 aromatic rings. The van der Waals surface area contributed by atoms with Crippen molar-refractivity contribution < 1.29 is 19.1 Å². The van der Waals surface area contributed by atoms with Gasteiger partial charge in [0.2, 0.25) is 0 Å². The van der Waals surface area contributed by atoms with Crippen LogP contribution in [0.5, 0.6) is 11.5 Å². The van der Waals surface area contributed by atoms with Crippen LogP contribution in [0.3, 0.4) is 0 Å². The number of anilines is 2. The molecule has 0 aromatic heterocycles. The van der Waals surface area contributed by atoms with Crippen LogP contribution in [0.1, 0.15) is 27.6 Å². The van der Waals surface area contributed by atoms with E-state index in [1.165, 1.54) is 7.11 Å². The zero-order valence-electron chi connectivity index (χ0n) is 16.3. The van der Waals surface area contributed by atoms with Crippen molar-refractivity contribution in [3.05, 3.63) is 83.9 Å². The number of methoxy groups -OCH3 is 1. The van der Waals surface area contributed by atoms with Crippen LogP contribution < -0.4 is 20.1 Å². The van der Waals surface area contributed by atoms with Gasteiger partial charge >= 0.3 is 0 Å². The van der Waals surface area contributed by atoms with Crippen molar-refractivity contribution in [3.63, 3.8) is 0 Å². The highest BCUT2D eigenvalue weighted by Gasteiger charge is 2.14. The summed E-state index contributed by atoms with van der Waals surface area (Å²) in [6.07, 6.45) is 0. The number of hydrogen-bond acceptors (Lipinski definition) is 4. The second kappa shape index (κ2) is 9.41. The van der Waals surface area contributed by atoms with E-state index in [0.717, 1.165) is 0 Å². The summed E-state index contributed by atoms with van der Waals surface area (Å²) in [6.45, 7) is 2.32. The van der Waals surface area contributed by atoms with Crippen LogP contribution in [-0.4, -0.2) is 25.5 Å². The molecule has 3 aromatic carbocycles. The minimum absolute atomic E-state index is 0.269. The number of hydrogen-bond donors (Lipinski definition) is 2. The van der Waals surface area contributed by atoms with Gasteiger partial charge in [-0.25, -0.2) is 0 Å². The number of para-hydroxylation sites is 1. The molecule has 2 amide bonds. The summed E-state index contributed by atoms with van der Waals surface area (Å²) in [4.78, 5) is 25.2. The van der Waals surface area contributed by atoms with Crippen LogP contribution in [0.15, 0.2) is 72.8 Å². The van der Waals surface area contributed by atoms with Crippen LogP contribution in [0, 0.1) is 0 Å². The van der Waals surface area contributed by atoms with Crippen LogP contribution in [-0.2, 0) is 0 Å². The van der Waals surface area contributed by atoms with Crippen molar-refractivity contribution in [2.75, 3.05) is 24.4 Å². The molecule has 0 saturated carbocycles. The molecule has 6 nitrogen and oxygen atoms in total. The fourth-order valence-corrected chi connectivity index (χ4v) is 2.80. The summed E-state index contributed by atoms with van der Waals surface area (Å²) in [7, 11) is 1.52. The number of benzene rings is 3. The number of carbonyl (C=O) groups excluding carboxylic acids is 2. The SMILES string of the molecule is CCOc1ccccc1C(=O)Nc1ccc(OC)c(NC(=O)c2ccccc2)c1. The quantitative estimate of drug-likeness (QED) is 0.618. The Balaban J connectivity index is 1.81. The zero-order valence-corrected chi connectivity index (χ0v) is 16.3. The third-order valence-electron chi connectivity index (χ3n) is 4.17. The Morgan fingerprint density at radius 3 is 2.28 bits per heavy atom. The predicted molar refractivity (Wildman–Crippen MR) is 113 cm³/mol. The van der Waals surface area contributed by atoms with Gasteiger partial charge in [0.15, 0.2) is 0 Å². The molecule has 2 N–H and O–H groups in total. The Morgan fingerprint density at radius 2 is 1.55 bits per heavy atom. The fraction of sp³-hybridized carbons (Fsp3) is 0.130. The lowest BCUT2D eigenvalue weighted by Crippen LogP contribution is -2.15. The van der Waals surface area contributed by atoms with Gasteiger partial charge in [0.05, 0.1) is 25.0 Å². The number of amides is 2. The molecular weight excluding hydrogens is 368 g/mol. The summed E-state index contributed by atoms with van der Waals surface area (Å²) in [6, 6.07) is 20.9. The van der Waals surface area contributed by atoms with E-state index in [2.05, 4.69) is 10.6 Å². The van der Waals surface area contributed by atoms with Crippen LogP contribution >= 0.6 is 0 Å².